The van der Waals surface area contributed by atoms with Crippen molar-refractivity contribution < 1.29 is 14.3 Å². The molecule has 2 aromatic rings. The van der Waals surface area contributed by atoms with Crippen LogP contribution < -0.4 is 9.47 Å². The van der Waals surface area contributed by atoms with Crippen LogP contribution in [0.1, 0.15) is 59.2 Å². The number of hydrogen-bond acceptors (Lipinski definition) is 3. The number of carbonyl (C=O) groups excluding carboxylic acids is 1. The number of fused-ring (bicyclic) bond motifs is 2. The summed E-state index contributed by atoms with van der Waals surface area (Å²) < 4.78 is 10.9. The van der Waals surface area contributed by atoms with E-state index in [-0.39, 0.29) is 12.7 Å². The molecule has 4 nitrogen and oxygen atoms in total. The standard InChI is InChI=1S/C23H25NO3/c25-23(19-10-9-17-4-3-5-18(17)13-19)24(20-6-1-2-7-20)14-16-8-11-21-22(12-16)27-15-26-21/h8-13,20H,1-7,14-15H2. The van der Waals surface area contributed by atoms with E-state index < -0.39 is 0 Å². The highest BCUT2D eigenvalue weighted by Crippen LogP contribution is 2.34. The van der Waals surface area contributed by atoms with E-state index in [0.29, 0.717) is 12.6 Å². The fraction of sp³-hybridized carbons (Fsp3) is 0.435. The fourth-order valence-corrected chi connectivity index (χ4v) is 4.69. The van der Waals surface area contributed by atoms with Gasteiger partial charge < -0.3 is 14.4 Å². The lowest BCUT2D eigenvalue weighted by molar-refractivity contribution is 0.0664. The first-order chi connectivity index (χ1) is 13.3. The molecule has 1 saturated carbocycles. The second-order valence-corrected chi connectivity index (χ2v) is 7.90. The molecule has 2 aromatic carbocycles. The molecular formula is C23H25NO3. The maximum atomic E-state index is 13.4. The first-order valence-electron chi connectivity index (χ1n) is 10.1. The summed E-state index contributed by atoms with van der Waals surface area (Å²) in [6.07, 6.45) is 8.06. The Kier molecular flexibility index (Phi) is 4.27. The fourth-order valence-electron chi connectivity index (χ4n) is 4.69. The highest BCUT2D eigenvalue weighted by molar-refractivity contribution is 5.94. The Morgan fingerprint density at radius 2 is 1.74 bits per heavy atom. The molecule has 3 aliphatic rings. The molecule has 0 radical (unpaired) electrons. The number of aryl methyl sites for hydroxylation is 2. The third-order valence-electron chi connectivity index (χ3n) is 6.16. The normalized spacial score (nSPS) is 17.9. The van der Waals surface area contributed by atoms with Crippen molar-refractivity contribution in [1.82, 2.24) is 4.90 Å². The molecule has 0 unspecified atom stereocenters. The number of benzene rings is 2. The summed E-state index contributed by atoms with van der Waals surface area (Å²) in [6, 6.07) is 12.6. The smallest absolute Gasteiger partial charge is 0.254 e. The number of hydrogen-bond donors (Lipinski definition) is 0. The minimum Gasteiger partial charge on any atom is -0.454 e. The van der Waals surface area contributed by atoms with Crippen LogP contribution in [0.15, 0.2) is 36.4 Å². The topological polar surface area (TPSA) is 38.8 Å². The summed E-state index contributed by atoms with van der Waals surface area (Å²) in [6.45, 7) is 0.899. The van der Waals surface area contributed by atoms with E-state index in [2.05, 4.69) is 17.0 Å². The molecule has 0 spiro atoms. The van der Waals surface area contributed by atoms with Crippen LogP contribution in [0.2, 0.25) is 0 Å². The van der Waals surface area contributed by atoms with Crippen LogP contribution in [0.5, 0.6) is 11.5 Å². The van der Waals surface area contributed by atoms with Gasteiger partial charge >= 0.3 is 0 Å². The predicted octanol–water partition coefficient (Wildman–Crippen LogP) is 4.49. The zero-order valence-corrected chi connectivity index (χ0v) is 15.6. The lowest BCUT2D eigenvalue weighted by atomic mass is 10.0. The van der Waals surface area contributed by atoms with Crippen LogP contribution in [-0.2, 0) is 19.4 Å². The van der Waals surface area contributed by atoms with Gasteiger partial charge in [0.1, 0.15) is 0 Å². The van der Waals surface area contributed by atoms with Crippen LogP contribution >= 0.6 is 0 Å². The van der Waals surface area contributed by atoms with Crippen LogP contribution in [-0.4, -0.2) is 23.6 Å². The Balaban J connectivity index is 1.43. The number of ether oxygens (including phenoxy) is 2. The average molecular weight is 363 g/mol. The summed E-state index contributed by atoms with van der Waals surface area (Å²) in [5, 5.41) is 0. The quantitative estimate of drug-likeness (QED) is 0.803. The highest BCUT2D eigenvalue weighted by atomic mass is 16.7. The van der Waals surface area contributed by atoms with E-state index in [1.54, 1.807) is 0 Å². The molecule has 1 fully saturated rings. The molecule has 4 heteroatoms. The van der Waals surface area contributed by atoms with Crippen molar-refractivity contribution in [3.63, 3.8) is 0 Å². The van der Waals surface area contributed by atoms with Crippen molar-refractivity contribution in [2.45, 2.75) is 57.5 Å². The van der Waals surface area contributed by atoms with E-state index in [1.807, 2.05) is 24.3 Å². The van der Waals surface area contributed by atoms with Crippen LogP contribution in [0, 0.1) is 0 Å². The molecule has 1 amide bonds. The van der Waals surface area contributed by atoms with E-state index >= 15 is 0 Å². The Bertz CT molecular complexity index is 870. The van der Waals surface area contributed by atoms with Crippen molar-refractivity contribution in [3.8, 4) is 11.5 Å². The monoisotopic (exact) mass is 363 g/mol. The van der Waals surface area contributed by atoms with Crippen molar-refractivity contribution in [2.75, 3.05) is 6.79 Å². The number of nitrogens with zero attached hydrogens (tertiary/aromatic N) is 1. The zero-order valence-electron chi connectivity index (χ0n) is 15.6. The summed E-state index contributed by atoms with van der Waals surface area (Å²) in [4.78, 5) is 15.5. The Hall–Kier alpha value is -2.49. The van der Waals surface area contributed by atoms with Crippen molar-refractivity contribution in [3.05, 3.63) is 58.7 Å². The Morgan fingerprint density at radius 1 is 0.926 bits per heavy atom. The van der Waals surface area contributed by atoms with Crippen molar-refractivity contribution in [1.29, 1.82) is 0 Å². The van der Waals surface area contributed by atoms with Gasteiger partial charge in [0.15, 0.2) is 11.5 Å². The Morgan fingerprint density at radius 3 is 2.63 bits per heavy atom. The van der Waals surface area contributed by atoms with Gasteiger partial charge in [-0.25, -0.2) is 0 Å². The van der Waals surface area contributed by atoms with Gasteiger partial charge in [-0.05, 0) is 73.1 Å². The second-order valence-electron chi connectivity index (χ2n) is 7.90. The van der Waals surface area contributed by atoms with Gasteiger partial charge in [-0.1, -0.05) is 25.0 Å². The van der Waals surface area contributed by atoms with E-state index in [1.165, 1.54) is 30.4 Å². The molecule has 0 bridgehead atoms. The second kappa shape index (κ2) is 6.91. The van der Waals surface area contributed by atoms with Gasteiger partial charge in [0.05, 0.1) is 0 Å². The lowest BCUT2D eigenvalue weighted by Gasteiger charge is -2.29. The zero-order chi connectivity index (χ0) is 18.2. The number of amides is 1. The highest BCUT2D eigenvalue weighted by Gasteiger charge is 2.28. The van der Waals surface area contributed by atoms with Crippen LogP contribution in [0.25, 0.3) is 0 Å². The maximum absolute atomic E-state index is 13.4. The molecule has 5 rings (SSSR count). The third-order valence-corrected chi connectivity index (χ3v) is 6.16. The van der Waals surface area contributed by atoms with E-state index in [0.717, 1.165) is 48.3 Å². The largest absolute Gasteiger partial charge is 0.454 e. The van der Waals surface area contributed by atoms with Crippen LogP contribution in [0.4, 0.5) is 0 Å². The molecule has 1 aliphatic heterocycles. The first kappa shape index (κ1) is 16.7. The van der Waals surface area contributed by atoms with Gasteiger partial charge in [-0.15, -0.1) is 0 Å². The molecule has 0 aromatic heterocycles. The predicted molar refractivity (Wildman–Crippen MR) is 103 cm³/mol. The summed E-state index contributed by atoms with van der Waals surface area (Å²) in [5.74, 6) is 1.73. The molecule has 0 N–H and O–H groups in total. The molecule has 1 heterocycles. The van der Waals surface area contributed by atoms with E-state index in [9.17, 15) is 4.79 Å². The minimum absolute atomic E-state index is 0.161. The molecular weight excluding hydrogens is 338 g/mol. The van der Waals surface area contributed by atoms with Crippen LogP contribution in [0.3, 0.4) is 0 Å². The van der Waals surface area contributed by atoms with Gasteiger partial charge in [0, 0.05) is 18.2 Å². The van der Waals surface area contributed by atoms with E-state index in [4.69, 9.17) is 9.47 Å². The molecule has 27 heavy (non-hydrogen) atoms. The molecule has 0 saturated heterocycles. The summed E-state index contributed by atoms with van der Waals surface area (Å²) in [7, 11) is 0. The number of carbonyl (C=O) groups is 1. The van der Waals surface area contributed by atoms with Gasteiger partial charge in [0.2, 0.25) is 6.79 Å². The minimum atomic E-state index is 0.161. The summed E-state index contributed by atoms with van der Waals surface area (Å²) in [5.41, 5.74) is 4.70. The first-order valence-corrected chi connectivity index (χ1v) is 10.1. The summed E-state index contributed by atoms with van der Waals surface area (Å²) >= 11 is 0. The molecule has 140 valence electrons. The van der Waals surface area contributed by atoms with Crippen molar-refractivity contribution >= 4 is 5.91 Å². The number of rotatable bonds is 4. The maximum Gasteiger partial charge on any atom is 0.254 e. The van der Waals surface area contributed by atoms with Gasteiger partial charge in [0.25, 0.3) is 5.91 Å². The lowest BCUT2D eigenvalue weighted by Crippen LogP contribution is -2.38. The Labute approximate surface area is 160 Å². The molecule has 0 atom stereocenters. The van der Waals surface area contributed by atoms with Crippen molar-refractivity contribution in [2.24, 2.45) is 0 Å². The van der Waals surface area contributed by atoms with Gasteiger partial charge in [-0.3, -0.25) is 4.79 Å². The molecule has 2 aliphatic carbocycles. The van der Waals surface area contributed by atoms with Gasteiger partial charge in [-0.2, -0.15) is 0 Å². The SMILES string of the molecule is O=C(c1ccc2c(c1)CCC2)N(Cc1ccc2c(c1)OCO2)C1CCCC1. The third kappa shape index (κ3) is 3.18. The average Bonchev–Trinajstić information content (AvgIpc) is 3.45.